The Morgan fingerprint density at radius 3 is 2.85 bits per heavy atom. The van der Waals surface area contributed by atoms with E-state index in [-0.39, 0.29) is 11.0 Å². The lowest BCUT2D eigenvalue weighted by molar-refractivity contribution is -0.0255. The Morgan fingerprint density at radius 2 is 2.15 bits per heavy atom. The molecule has 110 valence electrons. The van der Waals surface area contributed by atoms with Gasteiger partial charge in [0.1, 0.15) is 17.1 Å². The van der Waals surface area contributed by atoms with E-state index in [1.54, 1.807) is 7.11 Å². The molecule has 1 aromatic carbocycles. The first-order valence-electron chi connectivity index (χ1n) is 7.06. The lowest BCUT2D eigenvalue weighted by atomic mass is 9.77. The minimum Gasteiger partial charge on any atom is -0.497 e. The van der Waals surface area contributed by atoms with Crippen LogP contribution in [0.2, 0.25) is 0 Å². The molecule has 0 aliphatic carbocycles. The van der Waals surface area contributed by atoms with Crippen LogP contribution in [0.25, 0.3) is 0 Å². The highest BCUT2D eigenvalue weighted by Gasteiger charge is 2.46. The number of rotatable bonds is 1. The molecule has 0 bridgehead atoms. The first kappa shape index (κ1) is 14.1. The van der Waals surface area contributed by atoms with E-state index >= 15 is 0 Å². The molecule has 1 aromatic rings. The van der Waals surface area contributed by atoms with Gasteiger partial charge in [0.2, 0.25) is 0 Å². The van der Waals surface area contributed by atoms with Crippen molar-refractivity contribution in [3.63, 3.8) is 0 Å². The van der Waals surface area contributed by atoms with E-state index < -0.39 is 6.10 Å². The van der Waals surface area contributed by atoms with Crippen LogP contribution in [0.5, 0.6) is 11.5 Å². The van der Waals surface area contributed by atoms with E-state index in [1.807, 2.05) is 30.0 Å². The predicted molar refractivity (Wildman–Crippen MR) is 81.7 cm³/mol. The summed E-state index contributed by atoms with van der Waals surface area (Å²) in [7, 11) is 1.64. The average molecular weight is 294 g/mol. The SMILES string of the molecule is COc1ccc2c(c1)[C@@H](O)CC1(CSCC(C)(C)C1)O2. The maximum atomic E-state index is 10.5. The van der Waals surface area contributed by atoms with E-state index in [0.717, 1.165) is 35.0 Å². The van der Waals surface area contributed by atoms with Crippen LogP contribution in [0.4, 0.5) is 0 Å². The number of benzene rings is 1. The molecule has 2 atom stereocenters. The Hall–Kier alpha value is -0.870. The summed E-state index contributed by atoms with van der Waals surface area (Å²) in [6.45, 7) is 4.56. The molecule has 2 aliphatic rings. The van der Waals surface area contributed by atoms with Crippen molar-refractivity contribution in [1.29, 1.82) is 0 Å². The van der Waals surface area contributed by atoms with Gasteiger partial charge >= 0.3 is 0 Å². The molecule has 1 saturated heterocycles. The van der Waals surface area contributed by atoms with Gasteiger partial charge in [-0.15, -0.1) is 0 Å². The van der Waals surface area contributed by atoms with Crippen molar-refractivity contribution in [2.24, 2.45) is 5.41 Å². The van der Waals surface area contributed by atoms with Crippen molar-refractivity contribution in [3.05, 3.63) is 23.8 Å². The Balaban J connectivity index is 1.92. The third-order valence-corrected chi connectivity index (χ3v) is 5.84. The van der Waals surface area contributed by atoms with Gasteiger partial charge < -0.3 is 14.6 Å². The summed E-state index contributed by atoms with van der Waals surface area (Å²) < 4.78 is 11.6. The van der Waals surface area contributed by atoms with Crippen molar-refractivity contribution in [1.82, 2.24) is 0 Å². The van der Waals surface area contributed by atoms with E-state index in [1.165, 1.54) is 0 Å². The maximum absolute atomic E-state index is 10.5. The zero-order valence-electron chi connectivity index (χ0n) is 12.3. The summed E-state index contributed by atoms with van der Waals surface area (Å²) >= 11 is 1.93. The van der Waals surface area contributed by atoms with Crippen molar-refractivity contribution < 1.29 is 14.6 Å². The Labute approximate surface area is 124 Å². The Kier molecular flexibility index (Phi) is 3.41. The number of aliphatic hydroxyl groups is 1. The van der Waals surface area contributed by atoms with Crippen LogP contribution in [-0.4, -0.2) is 29.3 Å². The van der Waals surface area contributed by atoms with Gasteiger partial charge in [-0.2, -0.15) is 11.8 Å². The van der Waals surface area contributed by atoms with E-state index in [9.17, 15) is 5.11 Å². The molecule has 2 aliphatic heterocycles. The summed E-state index contributed by atoms with van der Waals surface area (Å²) in [5.74, 6) is 3.69. The molecule has 0 amide bonds. The van der Waals surface area contributed by atoms with Crippen LogP contribution in [0.3, 0.4) is 0 Å². The van der Waals surface area contributed by atoms with Gasteiger partial charge in [-0.1, -0.05) is 13.8 Å². The molecular formula is C16H22O3S. The standard InChI is InChI=1S/C16H22O3S/c1-15(2)8-16(10-20-9-15)7-13(17)12-6-11(18-3)4-5-14(12)19-16/h4-6,13,17H,7-10H2,1-3H3/t13-,16?/m0/s1. The minimum atomic E-state index is -0.469. The Morgan fingerprint density at radius 1 is 1.35 bits per heavy atom. The minimum absolute atomic E-state index is 0.229. The molecule has 0 saturated carbocycles. The second-order valence-electron chi connectivity index (χ2n) is 6.74. The highest BCUT2D eigenvalue weighted by molar-refractivity contribution is 7.99. The largest absolute Gasteiger partial charge is 0.497 e. The number of fused-ring (bicyclic) bond motifs is 1. The molecule has 0 radical (unpaired) electrons. The van der Waals surface area contributed by atoms with Gasteiger partial charge in [0.05, 0.1) is 13.2 Å². The molecule has 20 heavy (non-hydrogen) atoms. The molecular weight excluding hydrogens is 272 g/mol. The number of aliphatic hydroxyl groups excluding tert-OH is 1. The first-order chi connectivity index (χ1) is 9.43. The molecule has 1 fully saturated rings. The number of ether oxygens (including phenoxy) is 2. The molecule has 3 nitrogen and oxygen atoms in total. The van der Waals surface area contributed by atoms with Crippen LogP contribution in [0.1, 0.15) is 38.4 Å². The molecule has 2 heterocycles. The monoisotopic (exact) mass is 294 g/mol. The van der Waals surface area contributed by atoms with Crippen LogP contribution in [-0.2, 0) is 0 Å². The predicted octanol–water partition coefficient (Wildman–Crippen LogP) is 3.41. The lowest BCUT2D eigenvalue weighted by Crippen LogP contribution is -2.50. The third kappa shape index (κ3) is 2.51. The fourth-order valence-corrected chi connectivity index (χ4v) is 4.84. The zero-order chi connectivity index (χ0) is 14.4. The topological polar surface area (TPSA) is 38.7 Å². The van der Waals surface area contributed by atoms with Crippen molar-refractivity contribution in [2.45, 2.75) is 38.4 Å². The second kappa shape index (κ2) is 4.85. The van der Waals surface area contributed by atoms with Crippen molar-refractivity contribution in [3.8, 4) is 11.5 Å². The molecule has 0 aromatic heterocycles. The summed E-state index contributed by atoms with van der Waals surface area (Å²) in [4.78, 5) is 0. The van der Waals surface area contributed by atoms with Gasteiger partial charge in [0.15, 0.2) is 0 Å². The van der Waals surface area contributed by atoms with Crippen LogP contribution in [0.15, 0.2) is 18.2 Å². The second-order valence-corrected chi connectivity index (χ2v) is 7.73. The molecule has 4 heteroatoms. The highest BCUT2D eigenvalue weighted by atomic mass is 32.2. The highest BCUT2D eigenvalue weighted by Crippen LogP contribution is 2.50. The van der Waals surface area contributed by atoms with Gasteiger partial charge in [-0.25, -0.2) is 0 Å². The fourth-order valence-electron chi connectivity index (χ4n) is 3.43. The lowest BCUT2D eigenvalue weighted by Gasteiger charge is -2.48. The third-order valence-electron chi connectivity index (χ3n) is 4.13. The summed E-state index contributed by atoms with van der Waals surface area (Å²) in [5, 5.41) is 10.5. The number of methoxy groups -OCH3 is 1. The molecule has 1 spiro atoms. The van der Waals surface area contributed by atoms with Crippen LogP contribution >= 0.6 is 11.8 Å². The normalized spacial score (nSPS) is 31.5. The van der Waals surface area contributed by atoms with E-state index in [2.05, 4.69) is 13.8 Å². The quantitative estimate of drug-likeness (QED) is 0.861. The average Bonchev–Trinajstić information content (AvgIpc) is 2.37. The summed E-state index contributed by atoms with van der Waals surface area (Å²) in [6, 6.07) is 5.70. The zero-order valence-corrected chi connectivity index (χ0v) is 13.1. The van der Waals surface area contributed by atoms with E-state index in [0.29, 0.717) is 6.42 Å². The van der Waals surface area contributed by atoms with Crippen molar-refractivity contribution >= 4 is 11.8 Å². The Bertz CT molecular complexity index is 514. The smallest absolute Gasteiger partial charge is 0.126 e. The van der Waals surface area contributed by atoms with Gasteiger partial charge in [0.25, 0.3) is 0 Å². The van der Waals surface area contributed by atoms with E-state index in [4.69, 9.17) is 9.47 Å². The van der Waals surface area contributed by atoms with Crippen molar-refractivity contribution in [2.75, 3.05) is 18.6 Å². The number of thioether (sulfide) groups is 1. The summed E-state index contributed by atoms with van der Waals surface area (Å²) in [5.41, 5.74) is 0.878. The van der Waals surface area contributed by atoms with Gasteiger partial charge in [0, 0.05) is 17.7 Å². The fraction of sp³-hybridized carbons (Fsp3) is 0.625. The van der Waals surface area contributed by atoms with Gasteiger partial charge in [-0.3, -0.25) is 0 Å². The summed E-state index contributed by atoms with van der Waals surface area (Å²) in [6.07, 6.45) is 1.20. The van der Waals surface area contributed by atoms with Crippen LogP contribution in [0, 0.1) is 5.41 Å². The number of hydrogen-bond acceptors (Lipinski definition) is 4. The van der Waals surface area contributed by atoms with Gasteiger partial charge in [-0.05, 0) is 35.8 Å². The maximum Gasteiger partial charge on any atom is 0.126 e. The van der Waals surface area contributed by atoms with Crippen LogP contribution < -0.4 is 9.47 Å². The number of hydrogen-bond donors (Lipinski definition) is 1. The molecule has 3 rings (SSSR count). The molecule has 1 N–H and O–H groups in total. The molecule has 1 unspecified atom stereocenters. The first-order valence-corrected chi connectivity index (χ1v) is 8.21.